The highest BCUT2D eigenvalue weighted by atomic mass is 16.5. The van der Waals surface area contributed by atoms with Gasteiger partial charge in [0.25, 0.3) is 0 Å². The van der Waals surface area contributed by atoms with E-state index in [0.717, 1.165) is 12.8 Å². The van der Waals surface area contributed by atoms with Crippen molar-refractivity contribution in [3.8, 4) is 0 Å². The van der Waals surface area contributed by atoms with Gasteiger partial charge in [-0.2, -0.15) is 0 Å². The summed E-state index contributed by atoms with van der Waals surface area (Å²) in [7, 11) is 1.87. The third kappa shape index (κ3) is 3.22. The molecule has 2 aliphatic heterocycles. The van der Waals surface area contributed by atoms with Crippen LogP contribution in [0.5, 0.6) is 0 Å². The van der Waals surface area contributed by atoms with Crippen LogP contribution in [0.4, 0.5) is 0 Å². The molecule has 2 aliphatic rings. The van der Waals surface area contributed by atoms with Crippen LogP contribution in [-0.2, 0) is 14.3 Å². The largest absolute Gasteiger partial charge is 0.379 e. The van der Waals surface area contributed by atoms with Crippen LogP contribution >= 0.6 is 0 Å². The summed E-state index contributed by atoms with van der Waals surface area (Å²) in [5, 5.41) is 6.28. The van der Waals surface area contributed by atoms with Gasteiger partial charge >= 0.3 is 0 Å². The van der Waals surface area contributed by atoms with E-state index in [0.29, 0.717) is 19.8 Å². The van der Waals surface area contributed by atoms with Crippen molar-refractivity contribution < 1.29 is 14.3 Å². The van der Waals surface area contributed by atoms with Crippen molar-refractivity contribution in [2.45, 2.75) is 44.4 Å². The number of ether oxygens (including phenoxy) is 2. The predicted octanol–water partition coefficient (Wildman–Crippen LogP) is 0.295. The first-order valence-corrected chi connectivity index (χ1v) is 6.71. The fourth-order valence-electron chi connectivity index (χ4n) is 2.76. The molecule has 0 bridgehead atoms. The first-order valence-electron chi connectivity index (χ1n) is 6.71. The summed E-state index contributed by atoms with van der Waals surface area (Å²) in [4.78, 5) is 12.2. The zero-order valence-electron chi connectivity index (χ0n) is 11.5. The van der Waals surface area contributed by atoms with E-state index in [9.17, 15) is 4.79 Å². The minimum Gasteiger partial charge on any atom is -0.379 e. The number of rotatable bonds is 3. The Bertz CT molecular complexity index is 307. The summed E-state index contributed by atoms with van der Waals surface area (Å²) in [5.74, 6) is 0.0375. The Balaban J connectivity index is 1.87. The molecule has 2 saturated heterocycles. The maximum Gasteiger partial charge on any atom is 0.227 e. The summed E-state index contributed by atoms with van der Waals surface area (Å²) in [6.07, 6.45) is 1.77. The Morgan fingerprint density at radius 2 is 2.11 bits per heavy atom. The summed E-state index contributed by atoms with van der Waals surface area (Å²) < 4.78 is 11.0. The molecule has 0 aromatic carbocycles. The first kappa shape index (κ1) is 13.8. The van der Waals surface area contributed by atoms with E-state index in [-0.39, 0.29) is 29.5 Å². The molecular weight excluding hydrogens is 232 g/mol. The summed E-state index contributed by atoms with van der Waals surface area (Å²) in [6, 6.07) is 0.359. The quantitative estimate of drug-likeness (QED) is 0.762. The van der Waals surface area contributed by atoms with E-state index in [4.69, 9.17) is 9.47 Å². The summed E-state index contributed by atoms with van der Waals surface area (Å²) in [5.41, 5.74) is -0.134. The molecule has 5 heteroatoms. The fraction of sp³-hybridized carbons (Fsp3) is 0.923. The van der Waals surface area contributed by atoms with E-state index in [1.807, 2.05) is 7.05 Å². The fourth-order valence-corrected chi connectivity index (χ4v) is 2.76. The molecule has 3 atom stereocenters. The van der Waals surface area contributed by atoms with Crippen LogP contribution in [0.15, 0.2) is 0 Å². The van der Waals surface area contributed by atoms with Crippen LogP contribution in [-0.4, -0.2) is 50.5 Å². The van der Waals surface area contributed by atoms with Gasteiger partial charge in [-0.1, -0.05) is 0 Å². The van der Waals surface area contributed by atoms with Crippen molar-refractivity contribution in [2.75, 3.05) is 26.9 Å². The molecule has 0 spiro atoms. The SMILES string of the molecule is CNC1COCC1C(=O)NC1CCOC(C)(C)C1. The van der Waals surface area contributed by atoms with Gasteiger partial charge in [-0.25, -0.2) is 0 Å². The van der Waals surface area contributed by atoms with E-state index >= 15 is 0 Å². The molecule has 2 fully saturated rings. The molecule has 2 N–H and O–H groups in total. The van der Waals surface area contributed by atoms with Crippen molar-refractivity contribution in [1.82, 2.24) is 10.6 Å². The highest BCUT2D eigenvalue weighted by Crippen LogP contribution is 2.24. The molecule has 0 aromatic rings. The van der Waals surface area contributed by atoms with E-state index in [2.05, 4.69) is 24.5 Å². The van der Waals surface area contributed by atoms with Gasteiger partial charge in [0.05, 0.1) is 24.7 Å². The molecule has 0 saturated carbocycles. The van der Waals surface area contributed by atoms with Gasteiger partial charge in [-0.05, 0) is 33.7 Å². The average Bonchev–Trinajstić information content (AvgIpc) is 2.75. The lowest BCUT2D eigenvalue weighted by Gasteiger charge is -2.36. The molecule has 104 valence electrons. The van der Waals surface area contributed by atoms with Gasteiger partial charge in [-0.3, -0.25) is 4.79 Å². The molecule has 2 rings (SSSR count). The van der Waals surface area contributed by atoms with Crippen molar-refractivity contribution in [3.05, 3.63) is 0 Å². The van der Waals surface area contributed by atoms with Crippen LogP contribution < -0.4 is 10.6 Å². The highest BCUT2D eigenvalue weighted by molar-refractivity contribution is 5.80. The molecule has 0 aliphatic carbocycles. The Morgan fingerprint density at radius 3 is 2.78 bits per heavy atom. The van der Waals surface area contributed by atoms with Gasteiger partial charge in [0.2, 0.25) is 5.91 Å². The third-order valence-corrected chi connectivity index (χ3v) is 3.83. The zero-order valence-corrected chi connectivity index (χ0v) is 11.5. The Morgan fingerprint density at radius 1 is 1.33 bits per heavy atom. The third-order valence-electron chi connectivity index (χ3n) is 3.83. The lowest BCUT2D eigenvalue weighted by atomic mass is 9.93. The Labute approximate surface area is 109 Å². The van der Waals surface area contributed by atoms with Crippen LogP contribution in [0.3, 0.4) is 0 Å². The summed E-state index contributed by atoms with van der Waals surface area (Å²) in [6.45, 7) is 5.99. The summed E-state index contributed by atoms with van der Waals surface area (Å²) >= 11 is 0. The number of hydrogen-bond donors (Lipinski definition) is 2. The van der Waals surface area contributed by atoms with Gasteiger partial charge in [0, 0.05) is 18.7 Å². The van der Waals surface area contributed by atoms with E-state index in [1.54, 1.807) is 0 Å². The number of likely N-dealkylation sites (N-methyl/N-ethyl adjacent to an activating group) is 1. The predicted molar refractivity (Wildman–Crippen MR) is 68.4 cm³/mol. The second-order valence-corrected chi connectivity index (χ2v) is 5.85. The molecule has 5 nitrogen and oxygen atoms in total. The lowest BCUT2D eigenvalue weighted by molar-refractivity contribution is -0.128. The van der Waals surface area contributed by atoms with E-state index < -0.39 is 0 Å². The van der Waals surface area contributed by atoms with Gasteiger partial charge in [-0.15, -0.1) is 0 Å². The second kappa shape index (κ2) is 5.55. The number of carbonyl (C=O) groups excluding carboxylic acids is 1. The maximum absolute atomic E-state index is 12.2. The smallest absolute Gasteiger partial charge is 0.227 e. The van der Waals surface area contributed by atoms with Crippen molar-refractivity contribution in [1.29, 1.82) is 0 Å². The van der Waals surface area contributed by atoms with Crippen LogP contribution in [0.25, 0.3) is 0 Å². The Kier molecular flexibility index (Phi) is 4.25. The van der Waals surface area contributed by atoms with Crippen molar-refractivity contribution >= 4 is 5.91 Å². The molecule has 3 unspecified atom stereocenters. The number of carbonyl (C=O) groups is 1. The zero-order chi connectivity index (χ0) is 13.2. The number of amides is 1. The molecule has 18 heavy (non-hydrogen) atoms. The number of hydrogen-bond acceptors (Lipinski definition) is 4. The van der Waals surface area contributed by atoms with Crippen LogP contribution in [0.1, 0.15) is 26.7 Å². The normalized spacial score (nSPS) is 35.4. The molecule has 0 radical (unpaired) electrons. The van der Waals surface area contributed by atoms with Gasteiger partial charge in [0.15, 0.2) is 0 Å². The molecule has 1 amide bonds. The van der Waals surface area contributed by atoms with Crippen molar-refractivity contribution in [3.63, 3.8) is 0 Å². The van der Waals surface area contributed by atoms with Crippen LogP contribution in [0, 0.1) is 5.92 Å². The van der Waals surface area contributed by atoms with Crippen LogP contribution in [0.2, 0.25) is 0 Å². The average molecular weight is 256 g/mol. The van der Waals surface area contributed by atoms with Gasteiger partial charge in [0.1, 0.15) is 0 Å². The second-order valence-electron chi connectivity index (χ2n) is 5.85. The molecular formula is C13H24N2O3. The highest BCUT2D eigenvalue weighted by Gasteiger charge is 2.36. The Hall–Kier alpha value is -0.650. The molecule has 2 heterocycles. The molecule has 0 aromatic heterocycles. The minimum atomic E-state index is -0.134. The topological polar surface area (TPSA) is 59.6 Å². The maximum atomic E-state index is 12.2. The monoisotopic (exact) mass is 256 g/mol. The first-order chi connectivity index (χ1) is 8.52. The van der Waals surface area contributed by atoms with Crippen molar-refractivity contribution in [2.24, 2.45) is 5.92 Å². The lowest BCUT2D eigenvalue weighted by Crippen LogP contribution is -2.50. The number of nitrogens with one attached hydrogen (secondary N) is 2. The standard InChI is InChI=1S/C13H24N2O3/c1-13(2)6-9(4-5-18-13)15-12(16)10-7-17-8-11(10)14-3/h9-11,14H,4-8H2,1-3H3,(H,15,16). The minimum absolute atomic E-state index is 0.0686. The van der Waals surface area contributed by atoms with E-state index in [1.165, 1.54) is 0 Å². The van der Waals surface area contributed by atoms with Gasteiger partial charge < -0.3 is 20.1 Å².